The van der Waals surface area contributed by atoms with Crippen LogP contribution in [-0.2, 0) is 11.2 Å². The Kier molecular flexibility index (Phi) is 8.27. The lowest BCUT2D eigenvalue weighted by atomic mass is 9.83. The smallest absolute Gasteiger partial charge is 0.252 e. The number of rotatable bonds is 9. The van der Waals surface area contributed by atoms with Gasteiger partial charge >= 0.3 is 0 Å². The minimum atomic E-state index is -0.560. The highest BCUT2D eigenvalue weighted by Gasteiger charge is 2.31. The van der Waals surface area contributed by atoms with Gasteiger partial charge in [-0.25, -0.2) is 0 Å². The summed E-state index contributed by atoms with van der Waals surface area (Å²) >= 11 is 0. The van der Waals surface area contributed by atoms with Crippen LogP contribution in [0.4, 0.5) is 0 Å². The van der Waals surface area contributed by atoms with E-state index in [0.29, 0.717) is 30.0 Å². The molecule has 0 bridgehead atoms. The fourth-order valence-corrected chi connectivity index (χ4v) is 4.38. The number of benzene rings is 2. The molecule has 1 heterocycles. The van der Waals surface area contributed by atoms with E-state index in [1.54, 1.807) is 24.4 Å². The number of para-hydroxylation sites is 1. The molecule has 2 aromatic carbocycles. The Bertz CT molecular complexity index is 1070. The topological polar surface area (TPSA) is 80.3 Å². The first kappa shape index (κ1) is 23.5. The molecule has 6 heteroatoms. The van der Waals surface area contributed by atoms with E-state index < -0.39 is 6.04 Å². The molecule has 6 nitrogen and oxygen atoms in total. The van der Waals surface area contributed by atoms with Crippen LogP contribution in [0.5, 0.6) is 11.5 Å². The number of nitrogens with zero attached hydrogens (tertiary/aromatic N) is 1. The summed E-state index contributed by atoms with van der Waals surface area (Å²) in [5, 5.41) is 6.03. The molecule has 0 spiro atoms. The summed E-state index contributed by atoms with van der Waals surface area (Å²) in [6, 6.07) is 21.7. The monoisotopic (exact) mass is 457 g/mol. The van der Waals surface area contributed by atoms with Gasteiger partial charge in [0.1, 0.15) is 17.5 Å². The number of ether oxygens (including phenoxy) is 1. The zero-order valence-corrected chi connectivity index (χ0v) is 19.3. The molecule has 1 saturated carbocycles. The summed E-state index contributed by atoms with van der Waals surface area (Å²) in [6.45, 7) is 0.481. The number of hydrogen-bond donors (Lipinski definition) is 2. The minimum Gasteiger partial charge on any atom is -0.457 e. The maximum Gasteiger partial charge on any atom is 0.252 e. The lowest BCUT2D eigenvalue weighted by Gasteiger charge is -2.30. The van der Waals surface area contributed by atoms with Gasteiger partial charge in [-0.1, -0.05) is 49.6 Å². The third-order valence-electron chi connectivity index (χ3n) is 6.17. The fourth-order valence-electron chi connectivity index (χ4n) is 4.38. The van der Waals surface area contributed by atoms with E-state index in [0.717, 1.165) is 31.4 Å². The number of amides is 2. The molecule has 1 fully saturated rings. The number of carbonyl (C=O) groups excluding carboxylic acids is 2. The van der Waals surface area contributed by atoms with Crippen LogP contribution in [0.3, 0.4) is 0 Å². The summed E-state index contributed by atoms with van der Waals surface area (Å²) in [5.74, 6) is 1.01. The Morgan fingerprint density at radius 2 is 1.68 bits per heavy atom. The van der Waals surface area contributed by atoms with Crippen molar-refractivity contribution >= 4 is 11.8 Å². The highest BCUT2D eigenvalue weighted by Crippen LogP contribution is 2.27. The summed E-state index contributed by atoms with van der Waals surface area (Å²) in [5.41, 5.74) is 1.40. The van der Waals surface area contributed by atoms with E-state index in [9.17, 15) is 9.59 Å². The second kappa shape index (κ2) is 12.0. The molecule has 2 amide bonds. The number of aromatic nitrogens is 1. The van der Waals surface area contributed by atoms with Crippen LogP contribution in [0, 0.1) is 5.92 Å². The second-order valence-corrected chi connectivity index (χ2v) is 8.65. The third-order valence-corrected chi connectivity index (χ3v) is 6.17. The Morgan fingerprint density at radius 1 is 0.912 bits per heavy atom. The van der Waals surface area contributed by atoms with Crippen LogP contribution in [-0.4, -0.2) is 29.4 Å². The van der Waals surface area contributed by atoms with Gasteiger partial charge < -0.3 is 15.4 Å². The van der Waals surface area contributed by atoms with Crippen molar-refractivity contribution < 1.29 is 14.3 Å². The quantitative estimate of drug-likeness (QED) is 0.478. The zero-order valence-electron chi connectivity index (χ0n) is 19.3. The van der Waals surface area contributed by atoms with E-state index in [1.807, 2.05) is 54.6 Å². The van der Waals surface area contributed by atoms with Crippen molar-refractivity contribution in [3.05, 3.63) is 90.3 Å². The van der Waals surface area contributed by atoms with Crippen LogP contribution in [0.25, 0.3) is 0 Å². The molecule has 0 radical (unpaired) electrons. The molecule has 1 aliphatic rings. The lowest BCUT2D eigenvalue weighted by molar-refractivity contribution is -0.124. The molecule has 0 saturated heterocycles. The van der Waals surface area contributed by atoms with Gasteiger partial charge in [0.05, 0.1) is 0 Å². The van der Waals surface area contributed by atoms with Crippen molar-refractivity contribution in [2.45, 2.75) is 44.6 Å². The molecule has 1 aliphatic carbocycles. The van der Waals surface area contributed by atoms with Crippen LogP contribution < -0.4 is 15.4 Å². The molecule has 176 valence electrons. The Hall–Kier alpha value is -3.67. The first-order valence-electron chi connectivity index (χ1n) is 12.0. The lowest BCUT2D eigenvalue weighted by Crippen LogP contribution is -2.51. The molecule has 1 aromatic heterocycles. The molecular weight excluding hydrogens is 426 g/mol. The Morgan fingerprint density at radius 3 is 2.44 bits per heavy atom. The van der Waals surface area contributed by atoms with Crippen molar-refractivity contribution in [2.75, 3.05) is 6.54 Å². The zero-order chi connectivity index (χ0) is 23.6. The SMILES string of the molecule is O=C(N[C@@H](C(=O)NCCc1ccccn1)C1CCCCC1)c1cccc(Oc2ccccc2)c1. The van der Waals surface area contributed by atoms with Crippen molar-refractivity contribution in [1.82, 2.24) is 15.6 Å². The fraction of sp³-hybridized carbons (Fsp3) is 0.321. The molecule has 4 rings (SSSR count). The first-order chi connectivity index (χ1) is 16.7. The van der Waals surface area contributed by atoms with Gasteiger partial charge in [-0.3, -0.25) is 14.6 Å². The van der Waals surface area contributed by atoms with Crippen LogP contribution in [0.1, 0.15) is 48.2 Å². The number of nitrogens with one attached hydrogen (secondary N) is 2. The maximum absolute atomic E-state index is 13.1. The molecule has 3 aromatic rings. The predicted octanol–water partition coefficient (Wildman–Crippen LogP) is 4.91. The summed E-state index contributed by atoms with van der Waals surface area (Å²) in [7, 11) is 0. The van der Waals surface area contributed by atoms with Crippen LogP contribution >= 0.6 is 0 Å². The Balaban J connectivity index is 1.41. The molecule has 2 N–H and O–H groups in total. The van der Waals surface area contributed by atoms with E-state index in [-0.39, 0.29) is 17.7 Å². The van der Waals surface area contributed by atoms with Crippen molar-refractivity contribution in [1.29, 1.82) is 0 Å². The molecule has 1 atom stereocenters. The van der Waals surface area contributed by atoms with Gasteiger partial charge in [-0.05, 0) is 61.2 Å². The van der Waals surface area contributed by atoms with Gasteiger partial charge in [0.2, 0.25) is 5.91 Å². The number of carbonyl (C=O) groups is 2. The highest BCUT2D eigenvalue weighted by atomic mass is 16.5. The summed E-state index contributed by atoms with van der Waals surface area (Å²) < 4.78 is 5.87. The van der Waals surface area contributed by atoms with Crippen molar-refractivity contribution in [3.8, 4) is 11.5 Å². The van der Waals surface area contributed by atoms with E-state index >= 15 is 0 Å². The summed E-state index contributed by atoms with van der Waals surface area (Å²) in [6.07, 6.45) is 7.62. The van der Waals surface area contributed by atoms with Gasteiger partial charge in [-0.15, -0.1) is 0 Å². The molecule has 0 aliphatic heterocycles. The standard InChI is InChI=1S/C28H31N3O3/c32-27(22-12-9-16-25(20-22)34-24-14-5-2-6-15-24)31-26(21-10-3-1-4-11-21)28(33)30-19-17-23-13-7-8-18-29-23/h2,5-9,12-16,18,20-21,26H,1,3-4,10-11,17,19H2,(H,30,33)(H,31,32)/t26-/m1/s1. The minimum absolute atomic E-state index is 0.132. The second-order valence-electron chi connectivity index (χ2n) is 8.65. The van der Waals surface area contributed by atoms with Gasteiger partial charge in [0, 0.05) is 30.4 Å². The molecular formula is C28H31N3O3. The van der Waals surface area contributed by atoms with Gasteiger partial charge in [-0.2, -0.15) is 0 Å². The van der Waals surface area contributed by atoms with Crippen LogP contribution in [0.15, 0.2) is 79.0 Å². The van der Waals surface area contributed by atoms with Crippen molar-refractivity contribution in [3.63, 3.8) is 0 Å². The normalized spacial score (nSPS) is 14.7. The summed E-state index contributed by atoms with van der Waals surface area (Å²) in [4.78, 5) is 30.6. The highest BCUT2D eigenvalue weighted by molar-refractivity contribution is 5.98. The third kappa shape index (κ3) is 6.67. The largest absolute Gasteiger partial charge is 0.457 e. The maximum atomic E-state index is 13.1. The van der Waals surface area contributed by atoms with Crippen molar-refractivity contribution in [2.24, 2.45) is 5.92 Å². The van der Waals surface area contributed by atoms with E-state index in [4.69, 9.17) is 4.74 Å². The number of pyridine rings is 1. The predicted molar refractivity (Wildman–Crippen MR) is 132 cm³/mol. The molecule has 0 unspecified atom stereocenters. The Labute approximate surface area is 200 Å². The van der Waals surface area contributed by atoms with E-state index in [1.165, 1.54) is 6.42 Å². The first-order valence-corrected chi connectivity index (χ1v) is 12.0. The molecule has 34 heavy (non-hydrogen) atoms. The van der Waals surface area contributed by atoms with Gasteiger partial charge in [0.15, 0.2) is 0 Å². The number of hydrogen-bond acceptors (Lipinski definition) is 4. The average Bonchev–Trinajstić information content (AvgIpc) is 2.89. The van der Waals surface area contributed by atoms with Gasteiger partial charge in [0.25, 0.3) is 5.91 Å². The average molecular weight is 458 g/mol. The van der Waals surface area contributed by atoms with Crippen LogP contribution in [0.2, 0.25) is 0 Å². The van der Waals surface area contributed by atoms with E-state index in [2.05, 4.69) is 15.6 Å².